The zero-order valence-corrected chi connectivity index (χ0v) is 15.4. The Hall–Kier alpha value is -3.85. The standard InChI is InChI=1S/C19H11ClFN7O/c20-16-10(4-3-6-22-16)19(29)25-18-11-8-13(21)15(24-17(11)26-27-18)12-9-23-28-7-2-1-5-14(12)28/h1-9H,(H2,24,25,26,27,29). The van der Waals surface area contributed by atoms with Crippen molar-refractivity contribution in [2.75, 3.05) is 5.32 Å². The van der Waals surface area contributed by atoms with Gasteiger partial charge in [-0.05, 0) is 30.3 Å². The summed E-state index contributed by atoms with van der Waals surface area (Å²) < 4.78 is 16.5. The summed E-state index contributed by atoms with van der Waals surface area (Å²) in [6.45, 7) is 0. The predicted molar refractivity (Wildman–Crippen MR) is 105 cm³/mol. The normalized spacial score (nSPS) is 11.2. The van der Waals surface area contributed by atoms with Gasteiger partial charge in [0.15, 0.2) is 17.3 Å². The smallest absolute Gasteiger partial charge is 0.260 e. The summed E-state index contributed by atoms with van der Waals surface area (Å²) in [7, 11) is 0. The highest BCUT2D eigenvalue weighted by Crippen LogP contribution is 2.29. The third kappa shape index (κ3) is 2.88. The quantitative estimate of drug-likeness (QED) is 0.444. The van der Waals surface area contributed by atoms with Gasteiger partial charge in [0.1, 0.15) is 10.8 Å². The number of nitrogens with one attached hydrogen (secondary N) is 2. The first-order valence-corrected chi connectivity index (χ1v) is 8.89. The summed E-state index contributed by atoms with van der Waals surface area (Å²) in [5, 5.41) is 14.0. The summed E-state index contributed by atoms with van der Waals surface area (Å²) in [6, 6.07) is 9.88. The third-order valence-electron chi connectivity index (χ3n) is 4.42. The average molecular weight is 408 g/mol. The summed E-state index contributed by atoms with van der Waals surface area (Å²) >= 11 is 5.95. The van der Waals surface area contributed by atoms with Crippen molar-refractivity contribution in [1.82, 2.24) is 29.8 Å². The Morgan fingerprint density at radius 1 is 1.24 bits per heavy atom. The van der Waals surface area contributed by atoms with E-state index in [4.69, 9.17) is 11.6 Å². The molecule has 0 atom stereocenters. The number of fused-ring (bicyclic) bond motifs is 2. The molecular formula is C19H11ClFN7O. The SMILES string of the molecule is O=C(Nc1n[nH]c2nc(-c3cnn4ccccc34)c(F)cc12)c1cccnc1Cl. The number of hydrogen-bond acceptors (Lipinski definition) is 5. The number of hydrogen-bond donors (Lipinski definition) is 2. The lowest BCUT2D eigenvalue weighted by molar-refractivity contribution is 0.102. The van der Waals surface area contributed by atoms with Gasteiger partial charge in [-0.2, -0.15) is 10.2 Å². The number of amides is 1. The number of pyridine rings is 3. The molecule has 0 aliphatic carbocycles. The molecule has 10 heteroatoms. The molecule has 5 aromatic heterocycles. The van der Waals surface area contributed by atoms with Crippen LogP contribution in [0.15, 0.2) is 55.0 Å². The minimum Gasteiger partial charge on any atom is -0.304 e. The molecule has 0 bridgehead atoms. The minimum absolute atomic E-state index is 0.0597. The highest BCUT2D eigenvalue weighted by Gasteiger charge is 2.19. The molecular weight excluding hydrogens is 397 g/mol. The number of anilines is 1. The molecule has 0 aromatic carbocycles. The van der Waals surface area contributed by atoms with Gasteiger partial charge in [-0.1, -0.05) is 17.7 Å². The van der Waals surface area contributed by atoms with Crippen molar-refractivity contribution >= 4 is 39.9 Å². The van der Waals surface area contributed by atoms with E-state index in [9.17, 15) is 9.18 Å². The monoisotopic (exact) mass is 407 g/mol. The molecule has 8 nitrogen and oxygen atoms in total. The molecule has 0 fully saturated rings. The fourth-order valence-electron chi connectivity index (χ4n) is 3.06. The molecule has 0 radical (unpaired) electrons. The van der Waals surface area contributed by atoms with Crippen LogP contribution in [0.3, 0.4) is 0 Å². The Morgan fingerprint density at radius 2 is 2.14 bits per heavy atom. The van der Waals surface area contributed by atoms with E-state index < -0.39 is 11.7 Å². The van der Waals surface area contributed by atoms with Gasteiger partial charge in [0.05, 0.1) is 22.7 Å². The lowest BCUT2D eigenvalue weighted by Gasteiger charge is -2.05. The molecule has 29 heavy (non-hydrogen) atoms. The van der Waals surface area contributed by atoms with Crippen LogP contribution in [-0.4, -0.2) is 35.7 Å². The lowest BCUT2D eigenvalue weighted by atomic mass is 10.1. The molecule has 142 valence electrons. The molecule has 2 N–H and O–H groups in total. The van der Waals surface area contributed by atoms with Crippen LogP contribution in [0.1, 0.15) is 10.4 Å². The molecule has 0 saturated heterocycles. The van der Waals surface area contributed by atoms with Crippen molar-refractivity contribution < 1.29 is 9.18 Å². The molecule has 5 heterocycles. The average Bonchev–Trinajstić information content (AvgIpc) is 3.32. The minimum atomic E-state index is -0.562. The highest BCUT2D eigenvalue weighted by molar-refractivity contribution is 6.33. The maximum Gasteiger partial charge on any atom is 0.260 e. The Bertz CT molecular complexity index is 1390. The van der Waals surface area contributed by atoms with E-state index in [1.807, 2.05) is 18.2 Å². The van der Waals surface area contributed by atoms with Crippen LogP contribution < -0.4 is 5.32 Å². The van der Waals surface area contributed by atoms with Crippen molar-refractivity contribution in [3.8, 4) is 11.3 Å². The van der Waals surface area contributed by atoms with E-state index in [0.29, 0.717) is 16.6 Å². The number of aromatic nitrogens is 6. The van der Waals surface area contributed by atoms with Gasteiger partial charge in [-0.15, -0.1) is 0 Å². The first-order valence-electron chi connectivity index (χ1n) is 8.51. The number of aromatic amines is 1. The van der Waals surface area contributed by atoms with Crippen molar-refractivity contribution in [3.63, 3.8) is 0 Å². The Morgan fingerprint density at radius 3 is 3.00 bits per heavy atom. The van der Waals surface area contributed by atoms with Gasteiger partial charge in [-0.25, -0.2) is 18.9 Å². The van der Waals surface area contributed by atoms with Gasteiger partial charge in [0.25, 0.3) is 5.91 Å². The number of carbonyl (C=O) groups excluding carboxylic acids is 1. The summed E-state index contributed by atoms with van der Waals surface area (Å²) in [5.41, 5.74) is 1.91. The maximum absolute atomic E-state index is 14.9. The van der Waals surface area contributed by atoms with Crippen molar-refractivity contribution in [3.05, 3.63) is 71.5 Å². The second-order valence-electron chi connectivity index (χ2n) is 6.17. The van der Waals surface area contributed by atoms with E-state index in [1.165, 1.54) is 18.3 Å². The van der Waals surface area contributed by atoms with Crippen LogP contribution in [0.25, 0.3) is 27.8 Å². The summed E-state index contributed by atoms with van der Waals surface area (Å²) in [6.07, 6.45) is 4.79. The summed E-state index contributed by atoms with van der Waals surface area (Å²) in [4.78, 5) is 20.7. The summed E-state index contributed by atoms with van der Waals surface area (Å²) in [5.74, 6) is -0.932. The van der Waals surface area contributed by atoms with E-state index >= 15 is 0 Å². The van der Waals surface area contributed by atoms with E-state index in [1.54, 1.807) is 23.0 Å². The molecule has 0 spiro atoms. The fraction of sp³-hybridized carbons (Fsp3) is 0. The van der Waals surface area contributed by atoms with Crippen LogP contribution in [0.4, 0.5) is 10.2 Å². The number of nitrogens with zero attached hydrogens (tertiary/aromatic N) is 5. The number of H-pyrrole nitrogens is 1. The lowest BCUT2D eigenvalue weighted by Crippen LogP contribution is -2.13. The van der Waals surface area contributed by atoms with Crippen LogP contribution in [0, 0.1) is 5.82 Å². The molecule has 1 amide bonds. The Kier molecular flexibility index (Phi) is 3.95. The van der Waals surface area contributed by atoms with Gasteiger partial charge < -0.3 is 5.32 Å². The zero-order chi connectivity index (χ0) is 20.0. The van der Waals surface area contributed by atoms with Crippen LogP contribution in [-0.2, 0) is 0 Å². The predicted octanol–water partition coefficient (Wildman–Crippen LogP) is 3.71. The molecule has 5 aromatic rings. The Labute approximate surface area is 167 Å². The first kappa shape index (κ1) is 17.3. The van der Waals surface area contributed by atoms with Crippen molar-refractivity contribution in [1.29, 1.82) is 0 Å². The zero-order valence-electron chi connectivity index (χ0n) is 14.6. The molecule has 0 aliphatic heterocycles. The van der Waals surface area contributed by atoms with Gasteiger partial charge in [0, 0.05) is 18.0 Å². The van der Waals surface area contributed by atoms with Gasteiger partial charge >= 0.3 is 0 Å². The van der Waals surface area contributed by atoms with Crippen LogP contribution >= 0.6 is 11.6 Å². The molecule has 0 unspecified atom stereocenters. The molecule has 5 rings (SSSR count). The third-order valence-corrected chi connectivity index (χ3v) is 4.72. The van der Waals surface area contributed by atoms with E-state index in [-0.39, 0.29) is 22.2 Å². The molecule has 0 saturated carbocycles. The van der Waals surface area contributed by atoms with Crippen molar-refractivity contribution in [2.45, 2.75) is 0 Å². The molecule has 0 aliphatic rings. The number of halogens is 2. The topological polar surface area (TPSA) is 101 Å². The van der Waals surface area contributed by atoms with Gasteiger partial charge in [0.2, 0.25) is 0 Å². The van der Waals surface area contributed by atoms with E-state index in [0.717, 1.165) is 5.52 Å². The largest absolute Gasteiger partial charge is 0.304 e. The number of carbonyl (C=O) groups is 1. The fourth-order valence-corrected chi connectivity index (χ4v) is 3.26. The van der Waals surface area contributed by atoms with Crippen LogP contribution in [0.2, 0.25) is 5.15 Å². The van der Waals surface area contributed by atoms with Gasteiger partial charge in [-0.3, -0.25) is 9.89 Å². The number of rotatable bonds is 3. The maximum atomic E-state index is 14.9. The Balaban J connectivity index is 1.55. The highest BCUT2D eigenvalue weighted by atomic mass is 35.5. The van der Waals surface area contributed by atoms with Crippen molar-refractivity contribution in [2.24, 2.45) is 0 Å². The first-order chi connectivity index (χ1) is 14.1. The second-order valence-corrected chi connectivity index (χ2v) is 6.53. The van der Waals surface area contributed by atoms with Crippen LogP contribution in [0.5, 0.6) is 0 Å². The second kappa shape index (κ2) is 6.64. The van der Waals surface area contributed by atoms with E-state index in [2.05, 4.69) is 30.6 Å².